The van der Waals surface area contributed by atoms with Crippen molar-refractivity contribution in [3.8, 4) is 0 Å². The molecule has 0 aliphatic carbocycles. The summed E-state index contributed by atoms with van der Waals surface area (Å²) in [7, 11) is 0. The molecule has 1 aliphatic heterocycles. The van der Waals surface area contributed by atoms with Crippen LogP contribution in [0.3, 0.4) is 0 Å². The lowest BCUT2D eigenvalue weighted by molar-refractivity contribution is -0.138. The van der Waals surface area contributed by atoms with E-state index in [2.05, 4.69) is 10.3 Å². The minimum absolute atomic E-state index is 0.450. The van der Waals surface area contributed by atoms with E-state index in [-0.39, 0.29) is 0 Å². The first-order chi connectivity index (χ1) is 4.30. The van der Waals surface area contributed by atoms with E-state index in [4.69, 9.17) is 5.11 Å². The largest absolute Gasteiger partial charge is 0.480 e. The summed E-state index contributed by atoms with van der Waals surface area (Å²) in [6.45, 7) is 1.13. The van der Waals surface area contributed by atoms with Crippen LogP contribution in [0.15, 0.2) is 4.99 Å². The topological polar surface area (TPSA) is 61.7 Å². The van der Waals surface area contributed by atoms with Crippen molar-refractivity contribution in [2.45, 2.75) is 6.04 Å². The SMILES string of the molecule is O=C(O)C1CNCC=N1. The van der Waals surface area contributed by atoms with Crippen molar-refractivity contribution in [2.24, 2.45) is 4.99 Å². The van der Waals surface area contributed by atoms with Crippen LogP contribution in [0, 0.1) is 0 Å². The molecule has 2 N–H and O–H groups in total. The number of carboxylic acids is 1. The molecule has 1 aliphatic rings. The predicted molar refractivity (Wildman–Crippen MR) is 32.8 cm³/mol. The third kappa shape index (κ3) is 1.50. The average Bonchev–Trinajstić information content (AvgIpc) is 1.90. The summed E-state index contributed by atoms with van der Waals surface area (Å²) in [4.78, 5) is 13.9. The molecule has 0 aromatic heterocycles. The van der Waals surface area contributed by atoms with Crippen LogP contribution in [0.25, 0.3) is 0 Å². The van der Waals surface area contributed by atoms with Gasteiger partial charge in [-0.3, -0.25) is 4.99 Å². The summed E-state index contributed by atoms with van der Waals surface area (Å²) >= 11 is 0. The van der Waals surface area contributed by atoms with Crippen LogP contribution in [-0.4, -0.2) is 36.4 Å². The Hall–Kier alpha value is -0.900. The molecular weight excluding hydrogens is 120 g/mol. The zero-order valence-corrected chi connectivity index (χ0v) is 4.87. The van der Waals surface area contributed by atoms with E-state index in [1.54, 1.807) is 6.21 Å². The van der Waals surface area contributed by atoms with Crippen LogP contribution >= 0.6 is 0 Å². The standard InChI is InChI=1S/C5H8N2O2/c8-5(9)4-3-6-1-2-7-4/h2,4,6H,1,3H2,(H,8,9). The van der Waals surface area contributed by atoms with Gasteiger partial charge in [-0.25, -0.2) is 4.79 Å². The molecule has 1 heterocycles. The van der Waals surface area contributed by atoms with Crippen molar-refractivity contribution in [3.05, 3.63) is 0 Å². The number of nitrogens with one attached hydrogen (secondary N) is 1. The second-order valence-electron chi connectivity index (χ2n) is 1.84. The molecule has 0 aromatic carbocycles. The van der Waals surface area contributed by atoms with Crippen molar-refractivity contribution in [1.29, 1.82) is 0 Å². The first-order valence-corrected chi connectivity index (χ1v) is 2.76. The number of rotatable bonds is 1. The molecule has 50 valence electrons. The third-order valence-electron chi connectivity index (χ3n) is 1.14. The van der Waals surface area contributed by atoms with Crippen LogP contribution in [0.4, 0.5) is 0 Å². The molecule has 0 saturated heterocycles. The Kier molecular flexibility index (Phi) is 1.79. The summed E-state index contributed by atoms with van der Waals surface area (Å²) in [6, 6.07) is -0.571. The van der Waals surface area contributed by atoms with Gasteiger partial charge < -0.3 is 10.4 Å². The van der Waals surface area contributed by atoms with Gasteiger partial charge in [0.1, 0.15) is 0 Å². The first kappa shape index (κ1) is 6.22. The number of hydrogen-bond donors (Lipinski definition) is 2. The second kappa shape index (κ2) is 2.59. The molecular formula is C5H8N2O2. The lowest BCUT2D eigenvalue weighted by atomic mass is 10.3. The Bertz CT molecular complexity index is 144. The van der Waals surface area contributed by atoms with E-state index >= 15 is 0 Å². The zero-order chi connectivity index (χ0) is 6.69. The third-order valence-corrected chi connectivity index (χ3v) is 1.14. The molecule has 0 aromatic rings. The number of carbonyl (C=O) groups is 1. The maximum atomic E-state index is 10.2. The number of nitrogens with zero attached hydrogens (tertiary/aromatic N) is 1. The molecule has 0 fully saturated rings. The lowest BCUT2D eigenvalue weighted by Crippen LogP contribution is -2.36. The fourth-order valence-corrected chi connectivity index (χ4v) is 0.668. The van der Waals surface area contributed by atoms with E-state index in [1.165, 1.54) is 0 Å². The van der Waals surface area contributed by atoms with Crippen molar-refractivity contribution < 1.29 is 9.90 Å². The van der Waals surface area contributed by atoms with Gasteiger partial charge in [0.15, 0.2) is 6.04 Å². The molecule has 0 amide bonds. The summed E-state index contributed by atoms with van der Waals surface area (Å²) in [5.74, 6) is -0.863. The monoisotopic (exact) mass is 128 g/mol. The number of aliphatic imine (C=N–C) groups is 1. The highest BCUT2D eigenvalue weighted by Gasteiger charge is 2.15. The lowest BCUT2D eigenvalue weighted by Gasteiger charge is -2.11. The van der Waals surface area contributed by atoms with Crippen LogP contribution in [0.2, 0.25) is 0 Å². The Morgan fingerprint density at radius 3 is 3.00 bits per heavy atom. The second-order valence-corrected chi connectivity index (χ2v) is 1.84. The molecule has 0 spiro atoms. The molecule has 1 unspecified atom stereocenters. The van der Waals surface area contributed by atoms with Crippen molar-refractivity contribution >= 4 is 12.2 Å². The average molecular weight is 128 g/mol. The fourth-order valence-electron chi connectivity index (χ4n) is 0.668. The molecule has 0 saturated carbocycles. The Morgan fingerprint density at radius 1 is 1.89 bits per heavy atom. The Labute approximate surface area is 52.6 Å². The van der Waals surface area contributed by atoms with Crippen LogP contribution in [0.1, 0.15) is 0 Å². The van der Waals surface area contributed by atoms with Crippen LogP contribution < -0.4 is 5.32 Å². The summed E-state index contributed by atoms with van der Waals surface area (Å²) in [6.07, 6.45) is 1.59. The van der Waals surface area contributed by atoms with Crippen LogP contribution in [0.5, 0.6) is 0 Å². The maximum absolute atomic E-state index is 10.2. The highest BCUT2D eigenvalue weighted by atomic mass is 16.4. The molecule has 4 heteroatoms. The number of hydrogen-bond acceptors (Lipinski definition) is 3. The van der Waals surface area contributed by atoms with Crippen molar-refractivity contribution in [3.63, 3.8) is 0 Å². The molecule has 0 radical (unpaired) electrons. The van der Waals surface area contributed by atoms with E-state index in [9.17, 15) is 4.79 Å². The quantitative estimate of drug-likeness (QED) is 0.481. The fraction of sp³-hybridized carbons (Fsp3) is 0.600. The zero-order valence-electron chi connectivity index (χ0n) is 4.87. The van der Waals surface area contributed by atoms with Gasteiger partial charge in [-0.05, 0) is 0 Å². The summed E-state index contributed by atoms with van der Waals surface area (Å²) < 4.78 is 0. The van der Waals surface area contributed by atoms with E-state index < -0.39 is 12.0 Å². The molecule has 0 bridgehead atoms. The first-order valence-electron chi connectivity index (χ1n) is 2.76. The minimum atomic E-state index is -0.863. The smallest absolute Gasteiger partial charge is 0.329 e. The van der Waals surface area contributed by atoms with Gasteiger partial charge in [0.25, 0.3) is 0 Å². The predicted octanol–water partition coefficient (Wildman–Crippen LogP) is -0.886. The van der Waals surface area contributed by atoms with E-state index in [1.807, 2.05) is 0 Å². The number of carboxylic acid groups (broad SMARTS) is 1. The van der Waals surface area contributed by atoms with Crippen molar-refractivity contribution in [1.82, 2.24) is 5.32 Å². The van der Waals surface area contributed by atoms with E-state index in [0.717, 1.165) is 0 Å². The number of aliphatic carboxylic acids is 1. The van der Waals surface area contributed by atoms with Gasteiger partial charge in [0.2, 0.25) is 0 Å². The molecule has 4 nitrogen and oxygen atoms in total. The van der Waals surface area contributed by atoms with Gasteiger partial charge >= 0.3 is 5.97 Å². The normalized spacial score (nSPS) is 26.0. The van der Waals surface area contributed by atoms with Crippen LogP contribution in [-0.2, 0) is 4.79 Å². The van der Waals surface area contributed by atoms with Gasteiger partial charge in [-0.1, -0.05) is 0 Å². The van der Waals surface area contributed by atoms with Gasteiger partial charge in [0.05, 0.1) is 0 Å². The summed E-state index contributed by atoms with van der Waals surface area (Å²) in [5, 5.41) is 11.3. The molecule has 1 rings (SSSR count). The highest BCUT2D eigenvalue weighted by molar-refractivity contribution is 5.77. The van der Waals surface area contributed by atoms with Gasteiger partial charge in [-0.2, -0.15) is 0 Å². The molecule has 1 atom stereocenters. The minimum Gasteiger partial charge on any atom is -0.480 e. The van der Waals surface area contributed by atoms with Crippen molar-refractivity contribution in [2.75, 3.05) is 13.1 Å². The highest BCUT2D eigenvalue weighted by Crippen LogP contribution is 1.90. The summed E-state index contributed by atoms with van der Waals surface area (Å²) in [5.41, 5.74) is 0. The van der Waals surface area contributed by atoms with E-state index in [0.29, 0.717) is 13.1 Å². The van der Waals surface area contributed by atoms with Gasteiger partial charge in [-0.15, -0.1) is 0 Å². The maximum Gasteiger partial charge on any atom is 0.329 e. The van der Waals surface area contributed by atoms with Gasteiger partial charge in [0, 0.05) is 19.3 Å². The Morgan fingerprint density at radius 2 is 2.67 bits per heavy atom. The Balaban J connectivity index is 2.50. The molecule has 9 heavy (non-hydrogen) atoms.